The fraction of sp³-hybridized carbons (Fsp3) is 0.462. The third-order valence-corrected chi connectivity index (χ3v) is 2.48. The van der Waals surface area contributed by atoms with Crippen LogP contribution in [0.1, 0.15) is 25.8 Å². The number of amides is 1. The lowest BCUT2D eigenvalue weighted by molar-refractivity contribution is -0.129. The normalized spacial score (nSPS) is 14.2. The molecule has 0 fully saturated rings. The van der Waals surface area contributed by atoms with Gasteiger partial charge in [0.25, 0.3) is 0 Å². The van der Waals surface area contributed by atoms with E-state index < -0.39 is 6.10 Å². The Bertz CT molecular complexity index is 322. The van der Waals surface area contributed by atoms with E-state index in [1.165, 1.54) is 12.5 Å². The van der Waals surface area contributed by atoms with Crippen molar-refractivity contribution in [1.82, 2.24) is 5.32 Å². The molecule has 0 aromatic heterocycles. The molecular formula is C13H19NO2. The minimum atomic E-state index is -0.931. The molecule has 0 unspecified atom stereocenters. The van der Waals surface area contributed by atoms with Gasteiger partial charge in [-0.15, -0.1) is 0 Å². The van der Waals surface area contributed by atoms with Crippen LogP contribution in [-0.2, 0) is 11.2 Å². The largest absolute Gasteiger partial charge is 0.384 e. The lowest BCUT2D eigenvalue weighted by atomic mass is 10.1. The average Bonchev–Trinajstić information content (AvgIpc) is 2.27. The number of aryl methyl sites for hydroxylation is 1. The van der Waals surface area contributed by atoms with Crippen LogP contribution in [0.15, 0.2) is 30.3 Å². The van der Waals surface area contributed by atoms with Crippen LogP contribution in [0.25, 0.3) is 0 Å². The molecule has 1 rings (SSSR count). The second-order valence-electron chi connectivity index (χ2n) is 4.11. The maximum Gasteiger partial charge on any atom is 0.248 e. The molecule has 0 aliphatic rings. The molecule has 0 spiro atoms. The topological polar surface area (TPSA) is 49.3 Å². The Morgan fingerprint density at radius 2 is 1.94 bits per heavy atom. The summed E-state index contributed by atoms with van der Waals surface area (Å²) in [7, 11) is 0. The number of hydrogen-bond acceptors (Lipinski definition) is 2. The van der Waals surface area contributed by atoms with Gasteiger partial charge in [0.15, 0.2) is 0 Å². The van der Waals surface area contributed by atoms with E-state index in [0.717, 1.165) is 12.8 Å². The van der Waals surface area contributed by atoms with E-state index in [1.807, 2.05) is 25.1 Å². The second kappa shape index (κ2) is 6.28. The van der Waals surface area contributed by atoms with Gasteiger partial charge >= 0.3 is 0 Å². The predicted octanol–water partition coefficient (Wildman–Crippen LogP) is 1.50. The number of benzene rings is 1. The molecule has 0 radical (unpaired) electrons. The fourth-order valence-corrected chi connectivity index (χ4v) is 1.46. The van der Waals surface area contributed by atoms with Crippen molar-refractivity contribution in [1.29, 1.82) is 0 Å². The van der Waals surface area contributed by atoms with Gasteiger partial charge in [0.05, 0.1) is 0 Å². The van der Waals surface area contributed by atoms with Gasteiger partial charge in [-0.1, -0.05) is 30.3 Å². The number of carbonyl (C=O) groups excluding carboxylic acids is 1. The summed E-state index contributed by atoms with van der Waals surface area (Å²) in [6.07, 6.45) is 0.879. The summed E-state index contributed by atoms with van der Waals surface area (Å²) in [6, 6.07) is 10.2. The van der Waals surface area contributed by atoms with Crippen molar-refractivity contribution in [3.8, 4) is 0 Å². The monoisotopic (exact) mass is 221 g/mol. The molecule has 2 N–H and O–H groups in total. The number of rotatable bonds is 5. The van der Waals surface area contributed by atoms with Gasteiger partial charge in [0.1, 0.15) is 6.10 Å². The van der Waals surface area contributed by atoms with E-state index in [0.29, 0.717) is 0 Å². The van der Waals surface area contributed by atoms with Gasteiger partial charge in [-0.05, 0) is 32.3 Å². The zero-order valence-corrected chi connectivity index (χ0v) is 9.81. The van der Waals surface area contributed by atoms with Crippen LogP contribution < -0.4 is 5.32 Å². The highest BCUT2D eigenvalue weighted by Gasteiger charge is 2.11. The van der Waals surface area contributed by atoms with Gasteiger partial charge in [0, 0.05) is 6.04 Å². The van der Waals surface area contributed by atoms with E-state index in [2.05, 4.69) is 17.4 Å². The van der Waals surface area contributed by atoms with Crippen LogP contribution in [0.2, 0.25) is 0 Å². The van der Waals surface area contributed by atoms with Crippen molar-refractivity contribution in [2.75, 3.05) is 0 Å². The zero-order valence-electron chi connectivity index (χ0n) is 9.81. The Morgan fingerprint density at radius 3 is 2.50 bits per heavy atom. The summed E-state index contributed by atoms with van der Waals surface area (Å²) < 4.78 is 0. The molecule has 0 aliphatic heterocycles. The molecule has 0 saturated heterocycles. The van der Waals surface area contributed by atoms with Crippen molar-refractivity contribution < 1.29 is 9.90 Å². The SMILES string of the molecule is C[C@@H](CCc1ccccc1)NC(=O)[C@@H](C)O. The molecular weight excluding hydrogens is 202 g/mol. The highest BCUT2D eigenvalue weighted by atomic mass is 16.3. The highest BCUT2D eigenvalue weighted by molar-refractivity contribution is 5.80. The van der Waals surface area contributed by atoms with Gasteiger partial charge in [-0.25, -0.2) is 0 Å². The van der Waals surface area contributed by atoms with Gasteiger partial charge < -0.3 is 10.4 Å². The summed E-state index contributed by atoms with van der Waals surface area (Å²) >= 11 is 0. The molecule has 88 valence electrons. The number of aliphatic hydroxyl groups excluding tert-OH is 1. The van der Waals surface area contributed by atoms with Crippen LogP contribution in [0.4, 0.5) is 0 Å². The molecule has 0 heterocycles. The molecule has 0 bridgehead atoms. The first-order valence-electron chi connectivity index (χ1n) is 5.62. The first-order chi connectivity index (χ1) is 7.59. The molecule has 1 aromatic carbocycles. The Hall–Kier alpha value is -1.35. The predicted molar refractivity (Wildman–Crippen MR) is 64.0 cm³/mol. The van der Waals surface area contributed by atoms with Gasteiger partial charge in [0.2, 0.25) is 5.91 Å². The van der Waals surface area contributed by atoms with Crippen molar-refractivity contribution >= 4 is 5.91 Å². The molecule has 3 heteroatoms. The molecule has 2 atom stereocenters. The Kier molecular flexibility index (Phi) is 4.99. The van der Waals surface area contributed by atoms with E-state index in [1.54, 1.807) is 0 Å². The summed E-state index contributed by atoms with van der Waals surface area (Å²) in [6.45, 7) is 3.42. The van der Waals surface area contributed by atoms with Crippen LogP contribution in [-0.4, -0.2) is 23.2 Å². The molecule has 1 amide bonds. The highest BCUT2D eigenvalue weighted by Crippen LogP contribution is 2.04. The van der Waals surface area contributed by atoms with Crippen molar-refractivity contribution in [2.24, 2.45) is 0 Å². The third kappa shape index (κ3) is 4.45. The van der Waals surface area contributed by atoms with Crippen LogP contribution in [0.3, 0.4) is 0 Å². The Morgan fingerprint density at radius 1 is 1.31 bits per heavy atom. The Labute approximate surface area is 96.5 Å². The van der Waals surface area contributed by atoms with Crippen molar-refractivity contribution in [3.05, 3.63) is 35.9 Å². The molecule has 0 aliphatic carbocycles. The maximum absolute atomic E-state index is 11.2. The smallest absolute Gasteiger partial charge is 0.248 e. The van der Waals surface area contributed by atoms with Crippen LogP contribution >= 0.6 is 0 Å². The number of carbonyl (C=O) groups is 1. The fourth-order valence-electron chi connectivity index (χ4n) is 1.46. The molecule has 0 saturated carbocycles. The van der Waals surface area contributed by atoms with Crippen molar-refractivity contribution in [3.63, 3.8) is 0 Å². The molecule has 16 heavy (non-hydrogen) atoms. The summed E-state index contributed by atoms with van der Waals surface area (Å²) in [5, 5.41) is 11.8. The quantitative estimate of drug-likeness (QED) is 0.791. The standard InChI is InChI=1S/C13H19NO2/c1-10(14-13(16)11(2)15)8-9-12-6-4-3-5-7-12/h3-7,10-11,15H,8-9H2,1-2H3,(H,14,16)/t10-,11+/m0/s1. The first kappa shape index (κ1) is 12.7. The van der Waals surface area contributed by atoms with E-state index in [4.69, 9.17) is 5.11 Å². The lowest BCUT2D eigenvalue weighted by Gasteiger charge is -2.14. The number of aliphatic hydroxyl groups is 1. The average molecular weight is 221 g/mol. The van der Waals surface area contributed by atoms with Gasteiger partial charge in [-0.2, -0.15) is 0 Å². The van der Waals surface area contributed by atoms with E-state index in [-0.39, 0.29) is 11.9 Å². The van der Waals surface area contributed by atoms with Crippen LogP contribution in [0.5, 0.6) is 0 Å². The van der Waals surface area contributed by atoms with E-state index >= 15 is 0 Å². The van der Waals surface area contributed by atoms with Crippen LogP contribution in [0, 0.1) is 0 Å². The second-order valence-corrected chi connectivity index (χ2v) is 4.11. The Balaban J connectivity index is 2.30. The molecule has 1 aromatic rings. The summed E-state index contributed by atoms with van der Waals surface area (Å²) in [4.78, 5) is 11.2. The first-order valence-corrected chi connectivity index (χ1v) is 5.62. The molecule has 3 nitrogen and oxygen atoms in total. The minimum Gasteiger partial charge on any atom is -0.384 e. The van der Waals surface area contributed by atoms with E-state index in [9.17, 15) is 4.79 Å². The zero-order chi connectivity index (χ0) is 12.0. The number of hydrogen-bond donors (Lipinski definition) is 2. The third-order valence-electron chi connectivity index (χ3n) is 2.48. The summed E-state index contributed by atoms with van der Waals surface area (Å²) in [5.74, 6) is -0.305. The lowest BCUT2D eigenvalue weighted by Crippen LogP contribution is -2.38. The number of nitrogens with one attached hydrogen (secondary N) is 1. The van der Waals surface area contributed by atoms with Gasteiger partial charge in [-0.3, -0.25) is 4.79 Å². The summed E-state index contributed by atoms with van der Waals surface area (Å²) in [5.41, 5.74) is 1.26. The van der Waals surface area contributed by atoms with Crippen molar-refractivity contribution in [2.45, 2.75) is 38.8 Å². The maximum atomic E-state index is 11.2. The minimum absolute atomic E-state index is 0.0855.